The molecule has 0 aliphatic heterocycles. The van der Waals surface area contributed by atoms with Crippen LogP contribution >= 0.6 is 0 Å². The third-order valence-electron chi connectivity index (χ3n) is 4.79. The number of anilines is 4. The second kappa shape index (κ2) is 9.65. The molecule has 0 aromatic heterocycles. The van der Waals surface area contributed by atoms with Gasteiger partial charge in [-0.1, -0.05) is 12.1 Å². The fraction of sp³-hybridized carbons (Fsp3) is 0. The average Bonchev–Trinajstić information content (AvgIpc) is 2.79. The van der Waals surface area contributed by atoms with Crippen LogP contribution in [0.2, 0.25) is 0 Å². The molecule has 0 saturated heterocycles. The van der Waals surface area contributed by atoms with Gasteiger partial charge in [0.2, 0.25) is 0 Å². The van der Waals surface area contributed by atoms with Gasteiger partial charge in [-0.15, -0.1) is 0 Å². The molecule has 176 valence electrons. The third-order valence-corrected chi connectivity index (χ3v) is 4.79. The number of rotatable bonds is 2. The van der Waals surface area contributed by atoms with Gasteiger partial charge in [0.15, 0.2) is 11.6 Å². The van der Waals surface area contributed by atoms with E-state index in [0.29, 0.717) is 11.3 Å². The lowest BCUT2D eigenvalue weighted by atomic mass is 10.0. The Labute approximate surface area is 190 Å². The van der Waals surface area contributed by atoms with Gasteiger partial charge in [-0.05, 0) is 48.0 Å². The third kappa shape index (κ3) is 5.01. The van der Waals surface area contributed by atoms with Crippen LogP contribution in [-0.4, -0.2) is 0 Å². The molecule has 4 aromatic carbocycles. The van der Waals surface area contributed by atoms with E-state index in [0.717, 1.165) is 24.3 Å². The summed E-state index contributed by atoms with van der Waals surface area (Å²) in [5.41, 5.74) is 20.5. The summed E-state index contributed by atoms with van der Waals surface area (Å²) in [5, 5.41) is 0. The van der Waals surface area contributed by atoms with E-state index in [1.54, 1.807) is 0 Å². The molecular weight excluding hydrogens is 458 g/mol. The predicted octanol–water partition coefficient (Wildman–Crippen LogP) is 5.87. The lowest BCUT2D eigenvalue weighted by Crippen LogP contribution is -2.01. The minimum absolute atomic E-state index is 0.0596. The van der Waals surface area contributed by atoms with Gasteiger partial charge in [0.25, 0.3) is 0 Å². The molecule has 0 saturated carbocycles. The lowest BCUT2D eigenvalue weighted by Gasteiger charge is -2.07. The van der Waals surface area contributed by atoms with Crippen LogP contribution in [0, 0.1) is 34.9 Å². The Morgan fingerprint density at radius 2 is 1.00 bits per heavy atom. The van der Waals surface area contributed by atoms with Crippen molar-refractivity contribution in [1.82, 2.24) is 0 Å². The van der Waals surface area contributed by atoms with Crippen LogP contribution in [0.15, 0.2) is 60.7 Å². The van der Waals surface area contributed by atoms with Crippen molar-refractivity contribution in [2.75, 3.05) is 22.9 Å². The lowest BCUT2D eigenvalue weighted by molar-refractivity contribution is 0.503. The molecule has 0 bridgehead atoms. The van der Waals surface area contributed by atoms with E-state index in [1.165, 1.54) is 36.4 Å². The minimum Gasteiger partial charge on any atom is -0.399 e. The molecule has 8 N–H and O–H groups in total. The fourth-order valence-corrected chi connectivity index (χ4v) is 3.00. The van der Waals surface area contributed by atoms with E-state index in [9.17, 15) is 26.3 Å². The van der Waals surface area contributed by atoms with Gasteiger partial charge in [0.1, 0.15) is 29.0 Å². The molecule has 4 aromatic rings. The number of hydrogen-bond acceptors (Lipinski definition) is 4. The van der Waals surface area contributed by atoms with Crippen molar-refractivity contribution < 1.29 is 26.3 Å². The SMILES string of the molecule is Nc1ccc(-c2cc(F)c(N)c(F)c2F)cc1.Nc1ccc(-c2cc(F)c(N)cc2F)c(F)c1. The molecule has 0 aliphatic rings. The molecule has 34 heavy (non-hydrogen) atoms. The van der Waals surface area contributed by atoms with E-state index in [2.05, 4.69) is 0 Å². The molecule has 4 rings (SSSR count). The largest absolute Gasteiger partial charge is 0.399 e. The second-order valence-electron chi connectivity index (χ2n) is 7.16. The van der Waals surface area contributed by atoms with Crippen LogP contribution in [0.3, 0.4) is 0 Å². The first-order valence-electron chi connectivity index (χ1n) is 9.58. The van der Waals surface area contributed by atoms with Gasteiger partial charge >= 0.3 is 0 Å². The molecule has 0 fully saturated rings. The Kier molecular flexibility index (Phi) is 6.90. The Morgan fingerprint density at radius 1 is 0.441 bits per heavy atom. The van der Waals surface area contributed by atoms with Gasteiger partial charge in [-0.25, -0.2) is 26.3 Å². The van der Waals surface area contributed by atoms with Gasteiger partial charge < -0.3 is 22.9 Å². The predicted molar refractivity (Wildman–Crippen MR) is 121 cm³/mol. The number of halogens is 6. The minimum atomic E-state index is -1.38. The highest BCUT2D eigenvalue weighted by Crippen LogP contribution is 2.31. The summed E-state index contributed by atoms with van der Waals surface area (Å²) in [6, 6.07) is 12.3. The molecule has 0 heterocycles. The normalized spacial score (nSPS) is 10.5. The number of nitrogens with two attached hydrogens (primary N) is 4. The Bertz CT molecular complexity index is 1360. The first-order valence-corrected chi connectivity index (χ1v) is 9.58. The zero-order valence-electron chi connectivity index (χ0n) is 17.4. The Morgan fingerprint density at radius 3 is 1.62 bits per heavy atom. The summed E-state index contributed by atoms with van der Waals surface area (Å²) in [6.07, 6.45) is 0. The molecule has 10 heteroatoms. The summed E-state index contributed by atoms with van der Waals surface area (Å²) in [7, 11) is 0. The molecule has 0 atom stereocenters. The summed E-state index contributed by atoms with van der Waals surface area (Å²) < 4.78 is 80.4. The van der Waals surface area contributed by atoms with Crippen LogP contribution in [-0.2, 0) is 0 Å². The zero-order chi connectivity index (χ0) is 25.2. The van der Waals surface area contributed by atoms with Crippen molar-refractivity contribution in [1.29, 1.82) is 0 Å². The van der Waals surface area contributed by atoms with Crippen molar-refractivity contribution in [3.8, 4) is 22.3 Å². The highest BCUT2D eigenvalue weighted by atomic mass is 19.2. The van der Waals surface area contributed by atoms with E-state index in [1.807, 2.05) is 0 Å². The van der Waals surface area contributed by atoms with Gasteiger partial charge in [-0.3, -0.25) is 0 Å². The van der Waals surface area contributed by atoms with Crippen LogP contribution < -0.4 is 22.9 Å². The topological polar surface area (TPSA) is 104 Å². The van der Waals surface area contributed by atoms with E-state index in [-0.39, 0.29) is 28.1 Å². The fourth-order valence-electron chi connectivity index (χ4n) is 3.00. The number of hydrogen-bond donors (Lipinski definition) is 4. The maximum Gasteiger partial charge on any atom is 0.185 e. The van der Waals surface area contributed by atoms with E-state index in [4.69, 9.17) is 22.9 Å². The monoisotopic (exact) mass is 476 g/mol. The van der Waals surface area contributed by atoms with Crippen LogP contribution in [0.5, 0.6) is 0 Å². The highest BCUT2D eigenvalue weighted by Gasteiger charge is 2.17. The quantitative estimate of drug-likeness (QED) is 0.165. The van der Waals surface area contributed by atoms with Crippen LogP contribution in [0.4, 0.5) is 49.1 Å². The summed E-state index contributed by atoms with van der Waals surface area (Å²) in [5.74, 6) is -5.83. The summed E-state index contributed by atoms with van der Waals surface area (Å²) in [6.45, 7) is 0. The molecule has 0 spiro atoms. The molecular formula is C24H18F6N4. The van der Waals surface area contributed by atoms with Crippen molar-refractivity contribution in [3.63, 3.8) is 0 Å². The van der Waals surface area contributed by atoms with Crippen molar-refractivity contribution in [2.24, 2.45) is 0 Å². The van der Waals surface area contributed by atoms with Gasteiger partial charge in [-0.2, -0.15) is 0 Å². The average molecular weight is 476 g/mol. The first-order chi connectivity index (χ1) is 16.0. The van der Waals surface area contributed by atoms with Gasteiger partial charge in [0.05, 0.1) is 5.69 Å². The molecule has 4 nitrogen and oxygen atoms in total. The number of nitrogen functional groups attached to an aromatic ring is 4. The standard InChI is InChI=1S/2C12H9F3N2/c13-9-5-8(10(14)11(15)12(9)17)6-1-3-7(16)4-2-6;13-9-3-6(16)1-2-7(9)8-4-11(15)12(17)5-10(8)14/h2*1-5H,16-17H2. The van der Waals surface area contributed by atoms with Gasteiger partial charge in [0, 0.05) is 34.1 Å². The van der Waals surface area contributed by atoms with Crippen molar-refractivity contribution >= 4 is 22.7 Å². The van der Waals surface area contributed by atoms with Crippen molar-refractivity contribution in [2.45, 2.75) is 0 Å². The summed E-state index contributed by atoms with van der Waals surface area (Å²) >= 11 is 0. The molecule has 0 unspecified atom stereocenters. The zero-order valence-corrected chi connectivity index (χ0v) is 17.4. The van der Waals surface area contributed by atoms with E-state index < -0.39 is 40.6 Å². The second-order valence-corrected chi connectivity index (χ2v) is 7.16. The van der Waals surface area contributed by atoms with Crippen LogP contribution in [0.25, 0.3) is 22.3 Å². The van der Waals surface area contributed by atoms with Crippen LogP contribution in [0.1, 0.15) is 0 Å². The maximum atomic E-state index is 13.6. The van der Waals surface area contributed by atoms with E-state index >= 15 is 0 Å². The molecule has 0 amide bonds. The number of benzene rings is 4. The molecule has 0 radical (unpaired) electrons. The first kappa shape index (κ1) is 24.3. The highest BCUT2D eigenvalue weighted by molar-refractivity contribution is 5.70. The summed E-state index contributed by atoms with van der Waals surface area (Å²) in [4.78, 5) is 0. The molecule has 0 aliphatic carbocycles. The smallest absolute Gasteiger partial charge is 0.185 e. The Hall–Kier alpha value is -4.34. The van der Waals surface area contributed by atoms with Crippen molar-refractivity contribution in [3.05, 3.63) is 95.6 Å². The Balaban J connectivity index is 0.000000191. The maximum absolute atomic E-state index is 13.6.